The lowest BCUT2D eigenvalue weighted by molar-refractivity contribution is -0.138. The smallest absolute Gasteiger partial charge is 0.227 e. The van der Waals surface area contributed by atoms with Gasteiger partial charge in [-0.05, 0) is 43.9 Å². The van der Waals surface area contributed by atoms with E-state index in [1.165, 1.54) is 11.1 Å². The minimum atomic E-state index is 0.104. The fourth-order valence-corrected chi connectivity index (χ4v) is 4.06. The quantitative estimate of drug-likeness (QED) is 0.863. The van der Waals surface area contributed by atoms with Gasteiger partial charge in [0.25, 0.3) is 0 Å². The Morgan fingerprint density at radius 3 is 2.92 bits per heavy atom. The number of nitrogens with zero attached hydrogens (tertiary/aromatic N) is 3. The summed E-state index contributed by atoms with van der Waals surface area (Å²) in [7, 11) is 0. The Kier molecular flexibility index (Phi) is 4.57. The van der Waals surface area contributed by atoms with E-state index < -0.39 is 0 Å². The van der Waals surface area contributed by atoms with Crippen LogP contribution in [0.25, 0.3) is 0 Å². The Labute approximate surface area is 148 Å². The van der Waals surface area contributed by atoms with Gasteiger partial charge in [0.2, 0.25) is 5.91 Å². The molecule has 1 fully saturated rings. The molecule has 4 rings (SSSR count). The lowest BCUT2D eigenvalue weighted by Crippen LogP contribution is -2.46. The first-order chi connectivity index (χ1) is 12.2. The van der Waals surface area contributed by atoms with Crippen LogP contribution in [0.2, 0.25) is 0 Å². The van der Waals surface area contributed by atoms with E-state index in [-0.39, 0.29) is 5.92 Å². The van der Waals surface area contributed by atoms with Crippen molar-refractivity contribution in [2.45, 2.75) is 39.3 Å². The molecule has 1 atom stereocenters. The number of aryl methyl sites for hydroxylation is 1. The summed E-state index contributed by atoms with van der Waals surface area (Å²) in [5.41, 5.74) is 3.64. The molecule has 1 unspecified atom stereocenters. The Balaban J connectivity index is 1.38. The number of rotatable bonds is 3. The van der Waals surface area contributed by atoms with Crippen molar-refractivity contribution in [1.29, 1.82) is 0 Å². The number of piperidine rings is 1. The van der Waals surface area contributed by atoms with Gasteiger partial charge in [-0.2, -0.15) is 0 Å². The molecule has 0 spiro atoms. The number of hydrogen-bond donors (Lipinski definition) is 0. The van der Waals surface area contributed by atoms with E-state index >= 15 is 0 Å². The summed E-state index contributed by atoms with van der Waals surface area (Å²) >= 11 is 0. The predicted molar refractivity (Wildman–Crippen MR) is 94.8 cm³/mol. The molecule has 1 saturated heterocycles. The molecule has 1 amide bonds. The zero-order chi connectivity index (χ0) is 17.2. The lowest BCUT2D eigenvalue weighted by atomic mass is 9.94. The van der Waals surface area contributed by atoms with Gasteiger partial charge in [0.05, 0.1) is 11.6 Å². The van der Waals surface area contributed by atoms with Gasteiger partial charge < -0.3 is 9.42 Å². The van der Waals surface area contributed by atoms with Crippen LogP contribution in [0.4, 0.5) is 0 Å². The third-order valence-corrected chi connectivity index (χ3v) is 5.36. The second-order valence-corrected chi connectivity index (χ2v) is 7.28. The Morgan fingerprint density at radius 1 is 1.28 bits per heavy atom. The molecule has 0 saturated carbocycles. The number of fused-ring (bicyclic) bond motifs is 1. The Morgan fingerprint density at radius 2 is 2.12 bits per heavy atom. The second kappa shape index (κ2) is 7.00. The predicted octanol–water partition coefficient (Wildman–Crippen LogP) is 2.78. The number of likely N-dealkylation sites (tertiary alicyclic amines) is 1. The first-order valence-electron chi connectivity index (χ1n) is 9.19. The van der Waals surface area contributed by atoms with Crippen molar-refractivity contribution in [2.24, 2.45) is 5.92 Å². The van der Waals surface area contributed by atoms with Gasteiger partial charge in [-0.1, -0.05) is 29.4 Å². The lowest BCUT2D eigenvalue weighted by Gasteiger charge is -2.36. The molecule has 2 aromatic rings. The standard InChI is InChI=1S/C20H25N3O2/c1-15-11-19(21-25-15)14-22-9-4-7-18(12-22)20(24)23-10-8-16-5-2-3-6-17(16)13-23/h2-3,5-6,11,18H,4,7-10,12-14H2,1H3. The maximum atomic E-state index is 13.0. The van der Waals surface area contributed by atoms with E-state index in [1.54, 1.807) is 0 Å². The Bertz CT molecular complexity index is 755. The van der Waals surface area contributed by atoms with Crippen molar-refractivity contribution < 1.29 is 9.32 Å². The second-order valence-electron chi connectivity index (χ2n) is 7.28. The average molecular weight is 339 g/mol. The van der Waals surface area contributed by atoms with Crippen LogP contribution in [-0.2, 0) is 24.3 Å². The molecule has 5 nitrogen and oxygen atoms in total. The average Bonchev–Trinajstić information content (AvgIpc) is 3.05. The normalized spacial score (nSPS) is 21.2. The zero-order valence-corrected chi connectivity index (χ0v) is 14.8. The molecule has 5 heteroatoms. The van der Waals surface area contributed by atoms with Gasteiger partial charge in [0, 0.05) is 32.2 Å². The van der Waals surface area contributed by atoms with Crippen LogP contribution < -0.4 is 0 Å². The molecule has 2 aliphatic heterocycles. The van der Waals surface area contributed by atoms with E-state index in [9.17, 15) is 4.79 Å². The van der Waals surface area contributed by atoms with Crippen molar-refractivity contribution in [3.05, 3.63) is 52.9 Å². The first-order valence-corrected chi connectivity index (χ1v) is 9.19. The van der Waals surface area contributed by atoms with Crippen molar-refractivity contribution in [3.8, 4) is 0 Å². The molecule has 132 valence electrons. The van der Waals surface area contributed by atoms with Crippen molar-refractivity contribution in [3.63, 3.8) is 0 Å². The molecule has 0 aliphatic carbocycles. The minimum Gasteiger partial charge on any atom is -0.361 e. The van der Waals surface area contributed by atoms with Gasteiger partial charge >= 0.3 is 0 Å². The summed E-state index contributed by atoms with van der Waals surface area (Å²) in [5.74, 6) is 1.26. The van der Waals surface area contributed by atoms with E-state index in [0.717, 1.165) is 63.4 Å². The van der Waals surface area contributed by atoms with Crippen molar-refractivity contribution >= 4 is 5.91 Å². The highest BCUT2D eigenvalue weighted by molar-refractivity contribution is 5.79. The summed E-state index contributed by atoms with van der Waals surface area (Å²) in [6.45, 7) is 6.13. The topological polar surface area (TPSA) is 49.6 Å². The Hall–Kier alpha value is -2.14. The SMILES string of the molecule is Cc1cc(CN2CCCC(C(=O)N3CCc4ccccc4C3)C2)no1. The van der Waals surface area contributed by atoms with Crippen LogP contribution in [0, 0.1) is 12.8 Å². The monoisotopic (exact) mass is 339 g/mol. The van der Waals surface area contributed by atoms with Crippen LogP contribution in [0.3, 0.4) is 0 Å². The molecule has 3 heterocycles. The summed E-state index contributed by atoms with van der Waals surface area (Å²) in [6.07, 6.45) is 3.03. The van der Waals surface area contributed by atoms with Crippen LogP contribution in [0.5, 0.6) is 0 Å². The number of benzene rings is 1. The zero-order valence-electron chi connectivity index (χ0n) is 14.8. The van der Waals surface area contributed by atoms with Crippen LogP contribution >= 0.6 is 0 Å². The number of aromatic nitrogens is 1. The fourth-order valence-electron chi connectivity index (χ4n) is 4.06. The number of carbonyl (C=O) groups excluding carboxylic acids is 1. The van der Waals surface area contributed by atoms with Gasteiger partial charge in [-0.3, -0.25) is 9.69 Å². The highest BCUT2D eigenvalue weighted by Gasteiger charge is 2.31. The molecule has 0 N–H and O–H groups in total. The number of hydrogen-bond acceptors (Lipinski definition) is 4. The maximum absolute atomic E-state index is 13.0. The highest BCUT2D eigenvalue weighted by Crippen LogP contribution is 2.24. The molecule has 2 aliphatic rings. The summed E-state index contributed by atoms with van der Waals surface area (Å²) < 4.78 is 5.16. The minimum absolute atomic E-state index is 0.104. The molecular weight excluding hydrogens is 314 g/mol. The first kappa shape index (κ1) is 16.3. The van der Waals surface area contributed by atoms with Crippen LogP contribution in [-0.4, -0.2) is 40.5 Å². The van der Waals surface area contributed by atoms with Crippen LogP contribution in [0.1, 0.15) is 35.4 Å². The summed E-state index contributed by atoms with van der Waals surface area (Å²) in [6, 6.07) is 10.5. The fraction of sp³-hybridized carbons (Fsp3) is 0.500. The van der Waals surface area contributed by atoms with Crippen molar-refractivity contribution in [2.75, 3.05) is 19.6 Å². The van der Waals surface area contributed by atoms with Gasteiger partial charge in [-0.15, -0.1) is 0 Å². The van der Waals surface area contributed by atoms with Gasteiger partial charge in [0.1, 0.15) is 5.76 Å². The molecule has 0 radical (unpaired) electrons. The molecule has 1 aromatic heterocycles. The highest BCUT2D eigenvalue weighted by atomic mass is 16.5. The third kappa shape index (κ3) is 3.61. The van der Waals surface area contributed by atoms with Gasteiger partial charge in [0.15, 0.2) is 0 Å². The summed E-state index contributed by atoms with van der Waals surface area (Å²) in [4.78, 5) is 17.4. The molecule has 1 aromatic carbocycles. The summed E-state index contributed by atoms with van der Waals surface area (Å²) in [5, 5.41) is 4.08. The number of carbonyl (C=O) groups is 1. The van der Waals surface area contributed by atoms with E-state index in [1.807, 2.05) is 13.0 Å². The van der Waals surface area contributed by atoms with E-state index in [0.29, 0.717) is 5.91 Å². The molecule has 25 heavy (non-hydrogen) atoms. The third-order valence-electron chi connectivity index (χ3n) is 5.36. The van der Waals surface area contributed by atoms with Crippen molar-refractivity contribution in [1.82, 2.24) is 15.0 Å². The maximum Gasteiger partial charge on any atom is 0.227 e. The van der Waals surface area contributed by atoms with Gasteiger partial charge in [-0.25, -0.2) is 0 Å². The molecule has 0 bridgehead atoms. The van der Waals surface area contributed by atoms with E-state index in [2.05, 4.69) is 39.2 Å². The number of amides is 1. The van der Waals surface area contributed by atoms with Crippen LogP contribution in [0.15, 0.2) is 34.9 Å². The largest absolute Gasteiger partial charge is 0.361 e. The van der Waals surface area contributed by atoms with E-state index in [4.69, 9.17) is 4.52 Å². The molecular formula is C20H25N3O2.